The zero-order valence-corrected chi connectivity index (χ0v) is 20.3. The molecular weight excluding hydrogens is 450 g/mol. The number of aliphatic hydroxyl groups is 1. The lowest BCUT2D eigenvalue weighted by atomic mass is 9.46. The van der Waals surface area contributed by atoms with Gasteiger partial charge in [0, 0.05) is 29.1 Å². The van der Waals surface area contributed by atoms with Gasteiger partial charge in [0.05, 0.1) is 6.10 Å². The van der Waals surface area contributed by atoms with E-state index in [0.29, 0.717) is 31.0 Å². The normalized spacial score (nSPS) is 44.2. The smallest absolute Gasteiger partial charge is 0.306 e. The summed E-state index contributed by atoms with van der Waals surface area (Å²) in [5, 5.41) is 11.0. The van der Waals surface area contributed by atoms with Gasteiger partial charge in [-0.3, -0.25) is 14.4 Å². The second-order valence-electron chi connectivity index (χ2n) is 10.6. The molecule has 0 heterocycles. The number of hydrogen-bond donors (Lipinski definition) is 1. The Bertz CT molecular complexity index is 947. The minimum Gasteiger partial charge on any atom is -0.449 e. The van der Waals surface area contributed by atoms with Crippen molar-refractivity contribution in [1.29, 1.82) is 0 Å². The van der Waals surface area contributed by atoms with Crippen LogP contribution in [0.5, 0.6) is 0 Å². The highest BCUT2D eigenvalue weighted by Gasteiger charge is 2.73. The summed E-state index contributed by atoms with van der Waals surface area (Å²) in [6.07, 6.45) is 3.94. The Morgan fingerprint density at radius 2 is 2.03 bits per heavy atom. The van der Waals surface area contributed by atoms with Crippen molar-refractivity contribution in [1.82, 2.24) is 0 Å². The van der Waals surface area contributed by atoms with Crippen molar-refractivity contribution in [2.24, 2.45) is 34.5 Å². The maximum Gasteiger partial charge on any atom is 0.306 e. The topological polar surface area (TPSA) is 80.7 Å². The van der Waals surface area contributed by atoms with Crippen LogP contribution in [0.1, 0.15) is 59.8 Å². The number of ether oxygens (including phenoxy) is 1. The molecular formula is C25H32F2O5S. The number of esters is 1. The van der Waals surface area contributed by atoms with E-state index in [-0.39, 0.29) is 36.5 Å². The standard InChI is InChI=1S/C25H32F2O5S/c1-5-20(30)32-25(22(31)33-12-26)13(2)8-16-15-7-6-14-9-18(28)17(27)10-23(14,3)21(15)19(29)11-24(16,25)4/h9-10,13,15-16,19,21,29H,5-8,11-12H2,1-4H3/t13-,15+,16+,19+,21-,23+,24+,25+/m1/s1. The lowest BCUT2D eigenvalue weighted by Crippen LogP contribution is -2.63. The SMILES string of the molecule is CCC(=O)O[C@]1(C(=O)SCF)[C@H](C)C[C@H]2[C@@H]3CCC4=CC(=O)C(F)=C[C@]4(C)[C@H]3[C@@H](O)C[C@@]21C. The molecule has 0 radical (unpaired) electrons. The largest absolute Gasteiger partial charge is 0.449 e. The second-order valence-corrected chi connectivity index (χ2v) is 11.5. The molecule has 182 valence electrons. The van der Waals surface area contributed by atoms with Gasteiger partial charge < -0.3 is 9.84 Å². The average molecular weight is 483 g/mol. The van der Waals surface area contributed by atoms with Crippen LogP contribution in [0.4, 0.5) is 8.78 Å². The number of aliphatic hydroxyl groups excluding tert-OH is 1. The zero-order valence-electron chi connectivity index (χ0n) is 19.5. The number of alkyl halides is 1. The van der Waals surface area contributed by atoms with Crippen molar-refractivity contribution >= 4 is 28.6 Å². The summed E-state index contributed by atoms with van der Waals surface area (Å²) >= 11 is 0.516. The van der Waals surface area contributed by atoms with Crippen molar-refractivity contribution in [3.63, 3.8) is 0 Å². The molecule has 0 saturated heterocycles. The van der Waals surface area contributed by atoms with Crippen LogP contribution in [0.25, 0.3) is 0 Å². The van der Waals surface area contributed by atoms with E-state index in [4.69, 9.17) is 4.74 Å². The van der Waals surface area contributed by atoms with Crippen LogP contribution in [0, 0.1) is 34.5 Å². The number of allylic oxidation sites excluding steroid dienone is 4. The van der Waals surface area contributed by atoms with E-state index in [1.807, 2.05) is 20.8 Å². The lowest BCUT2D eigenvalue weighted by molar-refractivity contribution is -0.199. The van der Waals surface area contributed by atoms with Crippen LogP contribution in [0.15, 0.2) is 23.6 Å². The third-order valence-corrected chi connectivity index (χ3v) is 9.82. The van der Waals surface area contributed by atoms with Crippen molar-refractivity contribution in [3.8, 4) is 0 Å². The molecule has 0 spiro atoms. The van der Waals surface area contributed by atoms with Crippen LogP contribution in [0.2, 0.25) is 0 Å². The summed E-state index contributed by atoms with van der Waals surface area (Å²) < 4.78 is 33.6. The fourth-order valence-corrected chi connectivity index (χ4v) is 8.59. The molecule has 0 amide bonds. The molecule has 5 nitrogen and oxygen atoms in total. The molecule has 4 aliphatic carbocycles. The Morgan fingerprint density at radius 1 is 1.33 bits per heavy atom. The maximum atomic E-state index is 14.4. The first kappa shape index (κ1) is 24.6. The van der Waals surface area contributed by atoms with Gasteiger partial charge >= 0.3 is 5.97 Å². The van der Waals surface area contributed by atoms with E-state index >= 15 is 0 Å². The van der Waals surface area contributed by atoms with Crippen molar-refractivity contribution in [2.45, 2.75) is 71.5 Å². The lowest BCUT2D eigenvalue weighted by Gasteiger charge is -2.59. The quantitative estimate of drug-likeness (QED) is 0.586. The van der Waals surface area contributed by atoms with E-state index < -0.39 is 51.2 Å². The number of fused-ring (bicyclic) bond motifs is 5. The molecule has 4 aliphatic rings. The first-order valence-electron chi connectivity index (χ1n) is 11.7. The molecule has 0 bridgehead atoms. The molecule has 3 fully saturated rings. The highest BCUT2D eigenvalue weighted by molar-refractivity contribution is 8.13. The minimum atomic E-state index is -1.53. The Labute approximate surface area is 197 Å². The van der Waals surface area contributed by atoms with Gasteiger partial charge in [0.2, 0.25) is 10.9 Å². The van der Waals surface area contributed by atoms with Crippen LogP contribution in [0.3, 0.4) is 0 Å². The summed E-state index contributed by atoms with van der Waals surface area (Å²) in [6, 6.07) is -0.920. The zero-order chi connectivity index (χ0) is 24.3. The highest BCUT2D eigenvalue weighted by atomic mass is 32.2. The first-order chi connectivity index (χ1) is 15.5. The second kappa shape index (κ2) is 8.29. The molecule has 1 N–H and O–H groups in total. The molecule has 8 atom stereocenters. The van der Waals surface area contributed by atoms with Gasteiger partial charge in [-0.25, -0.2) is 8.78 Å². The molecule has 33 heavy (non-hydrogen) atoms. The van der Waals surface area contributed by atoms with Crippen molar-refractivity contribution in [3.05, 3.63) is 23.6 Å². The van der Waals surface area contributed by atoms with Gasteiger partial charge in [-0.05, 0) is 61.4 Å². The van der Waals surface area contributed by atoms with Gasteiger partial charge in [-0.1, -0.05) is 33.3 Å². The first-order valence-corrected chi connectivity index (χ1v) is 12.7. The van der Waals surface area contributed by atoms with Crippen molar-refractivity contribution in [2.75, 3.05) is 6.01 Å². The molecule has 8 heteroatoms. The molecule has 0 aromatic carbocycles. The van der Waals surface area contributed by atoms with Crippen LogP contribution in [-0.2, 0) is 19.1 Å². The van der Waals surface area contributed by atoms with E-state index in [1.54, 1.807) is 6.92 Å². The van der Waals surface area contributed by atoms with Crippen LogP contribution < -0.4 is 0 Å². The maximum absolute atomic E-state index is 14.4. The third-order valence-electron chi connectivity index (χ3n) is 9.15. The Balaban J connectivity index is 1.80. The number of carbonyl (C=O) groups excluding carboxylic acids is 3. The number of ketones is 1. The van der Waals surface area contributed by atoms with E-state index in [2.05, 4.69) is 0 Å². The van der Waals surface area contributed by atoms with E-state index in [0.717, 1.165) is 5.57 Å². The van der Waals surface area contributed by atoms with Gasteiger partial charge in [-0.15, -0.1) is 0 Å². The Kier molecular flexibility index (Phi) is 6.18. The minimum absolute atomic E-state index is 0.0639. The molecule has 4 rings (SSSR count). The number of rotatable bonds is 4. The number of thioether (sulfide) groups is 1. The average Bonchev–Trinajstić information content (AvgIpc) is 2.96. The van der Waals surface area contributed by atoms with Crippen LogP contribution >= 0.6 is 11.8 Å². The summed E-state index contributed by atoms with van der Waals surface area (Å²) in [4.78, 5) is 37.8. The van der Waals surface area contributed by atoms with E-state index in [1.165, 1.54) is 12.2 Å². The van der Waals surface area contributed by atoms with Gasteiger partial charge in [0.1, 0.15) is 6.01 Å². The number of halogens is 2. The van der Waals surface area contributed by atoms with Crippen molar-refractivity contribution < 1.29 is 33.0 Å². The van der Waals surface area contributed by atoms with Gasteiger partial charge in [-0.2, -0.15) is 0 Å². The fourth-order valence-electron chi connectivity index (χ4n) is 7.80. The molecule has 0 unspecified atom stereocenters. The third kappa shape index (κ3) is 3.30. The Hall–Kier alpha value is -1.54. The summed E-state index contributed by atoms with van der Waals surface area (Å²) in [5.74, 6) is -2.79. The molecule has 0 aliphatic heterocycles. The summed E-state index contributed by atoms with van der Waals surface area (Å²) in [5.41, 5.74) is -2.39. The predicted octanol–water partition coefficient (Wildman–Crippen LogP) is 4.69. The molecule has 0 aromatic heterocycles. The number of carbonyl (C=O) groups is 3. The number of hydrogen-bond acceptors (Lipinski definition) is 6. The van der Waals surface area contributed by atoms with Gasteiger partial charge in [0.25, 0.3) is 0 Å². The molecule has 0 aromatic rings. The van der Waals surface area contributed by atoms with Crippen LogP contribution in [-0.4, -0.2) is 39.7 Å². The molecule has 3 saturated carbocycles. The predicted molar refractivity (Wildman–Crippen MR) is 120 cm³/mol. The summed E-state index contributed by atoms with van der Waals surface area (Å²) in [7, 11) is 0. The monoisotopic (exact) mass is 482 g/mol. The fraction of sp³-hybridized carbons (Fsp3) is 0.720. The Morgan fingerprint density at radius 3 is 2.67 bits per heavy atom. The summed E-state index contributed by atoms with van der Waals surface area (Å²) in [6.45, 7) is 7.27. The van der Waals surface area contributed by atoms with E-state index in [9.17, 15) is 28.3 Å². The highest BCUT2D eigenvalue weighted by Crippen LogP contribution is 2.69. The van der Waals surface area contributed by atoms with Gasteiger partial charge in [0.15, 0.2) is 11.4 Å².